The van der Waals surface area contributed by atoms with E-state index in [9.17, 15) is 9.18 Å². The SMILES string of the molecule is O=Cc1c(Cl)[nH]c2c(F)cc(Cl)cc12. The van der Waals surface area contributed by atoms with Gasteiger partial charge in [0.2, 0.25) is 0 Å². The Morgan fingerprint density at radius 3 is 2.71 bits per heavy atom. The number of hydrogen-bond donors (Lipinski definition) is 1. The van der Waals surface area contributed by atoms with E-state index in [4.69, 9.17) is 23.2 Å². The van der Waals surface area contributed by atoms with Gasteiger partial charge >= 0.3 is 0 Å². The summed E-state index contributed by atoms with van der Waals surface area (Å²) in [6.45, 7) is 0. The number of aldehydes is 1. The molecule has 0 atom stereocenters. The van der Waals surface area contributed by atoms with Gasteiger partial charge in [-0.25, -0.2) is 4.39 Å². The average molecular weight is 232 g/mol. The lowest BCUT2D eigenvalue weighted by Crippen LogP contribution is -1.79. The van der Waals surface area contributed by atoms with Gasteiger partial charge in [0.25, 0.3) is 0 Å². The van der Waals surface area contributed by atoms with Gasteiger partial charge in [0.1, 0.15) is 11.0 Å². The zero-order valence-electron chi connectivity index (χ0n) is 6.77. The topological polar surface area (TPSA) is 32.9 Å². The first-order valence-corrected chi connectivity index (χ1v) is 4.50. The molecule has 0 aliphatic carbocycles. The van der Waals surface area contributed by atoms with E-state index in [0.717, 1.165) is 6.07 Å². The Hall–Kier alpha value is -1.06. The molecule has 72 valence electrons. The minimum atomic E-state index is -0.525. The van der Waals surface area contributed by atoms with Gasteiger partial charge in [0.05, 0.1) is 11.1 Å². The highest BCUT2D eigenvalue weighted by Crippen LogP contribution is 2.29. The Morgan fingerprint density at radius 2 is 2.07 bits per heavy atom. The zero-order chi connectivity index (χ0) is 10.3. The fourth-order valence-electron chi connectivity index (χ4n) is 1.32. The number of nitrogens with one attached hydrogen (secondary N) is 1. The maximum atomic E-state index is 13.3. The van der Waals surface area contributed by atoms with Gasteiger partial charge in [-0.3, -0.25) is 4.79 Å². The second-order valence-electron chi connectivity index (χ2n) is 2.78. The van der Waals surface area contributed by atoms with Crippen LogP contribution < -0.4 is 0 Å². The van der Waals surface area contributed by atoms with Crippen molar-refractivity contribution in [3.8, 4) is 0 Å². The van der Waals surface area contributed by atoms with Gasteiger partial charge in [0.15, 0.2) is 6.29 Å². The quantitative estimate of drug-likeness (QED) is 0.750. The molecular weight excluding hydrogens is 228 g/mol. The molecule has 0 radical (unpaired) electrons. The molecule has 0 aliphatic heterocycles. The lowest BCUT2D eigenvalue weighted by Gasteiger charge is -1.94. The molecule has 0 saturated heterocycles. The number of fused-ring (bicyclic) bond motifs is 1. The molecule has 0 bridgehead atoms. The van der Waals surface area contributed by atoms with Gasteiger partial charge in [-0.15, -0.1) is 0 Å². The third-order valence-corrected chi connectivity index (χ3v) is 2.45. The first-order chi connectivity index (χ1) is 6.63. The fraction of sp³-hybridized carbons (Fsp3) is 0. The van der Waals surface area contributed by atoms with Crippen molar-refractivity contribution in [1.82, 2.24) is 4.98 Å². The third-order valence-electron chi connectivity index (χ3n) is 1.93. The van der Waals surface area contributed by atoms with E-state index in [1.54, 1.807) is 0 Å². The standard InChI is InChI=1S/C9H4Cl2FNO/c10-4-1-5-6(3-14)9(11)13-8(5)7(12)2-4/h1-3,13H. The number of hydrogen-bond acceptors (Lipinski definition) is 1. The monoisotopic (exact) mass is 231 g/mol. The fourth-order valence-corrected chi connectivity index (χ4v) is 1.77. The van der Waals surface area contributed by atoms with Crippen LogP contribution in [-0.2, 0) is 0 Å². The minimum Gasteiger partial charge on any atom is -0.343 e. The lowest BCUT2D eigenvalue weighted by atomic mass is 10.2. The number of aromatic amines is 1. The maximum absolute atomic E-state index is 13.3. The van der Waals surface area contributed by atoms with Crippen molar-refractivity contribution < 1.29 is 9.18 Å². The summed E-state index contributed by atoms with van der Waals surface area (Å²) in [6, 6.07) is 2.65. The van der Waals surface area contributed by atoms with Crippen LogP contribution in [0.2, 0.25) is 10.2 Å². The van der Waals surface area contributed by atoms with E-state index >= 15 is 0 Å². The predicted octanol–water partition coefficient (Wildman–Crippen LogP) is 3.43. The smallest absolute Gasteiger partial charge is 0.153 e. The number of rotatable bonds is 1. The summed E-state index contributed by atoms with van der Waals surface area (Å²) in [4.78, 5) is 13.2. The molecule has 2 rings (SSSR count). The van der Waals surface area contributed by atoms with E-state index in [1.165, 1.54) is 6.07 Å². The van der Waals surface area contributed by atoms with Crippen LogP contribution in [0.25, 0.3) is 10.9 Å². The molecule has 2 nitrogen and oxygen atoms in total. The molecule has 0 amide bonds. The normalized spacial score (nSPS) is 10.8. The van der Waals surface area contributed by atoms with Crippen molar-refractivity contribution in [1.29, 1.82) is 0 Å². The van der Waals surface area contributed by atoms with Gasteiger partial charge < -0.3 is 4.98 Å². The van der Waals surface area contributed by atoms with Crippen LogP contribution >= 0.6 is 23.2 Å². The summed E-state index contributed by atoms with van der Waals surface area (Å²) in [6.07, 6.45) is 0.566. The van der Waals surface area contributed by atoms with Gasteiger partial charge in [-0.05, 0) is 12.1 Å². The molecule has 1 N–H and O–H groups in total. The summed E-state index contributed by atoms with van der Waals surface area (Å²) in [5.41, 5.74) is 0.421. The molecule has 1 aromatic heterocycles. The molecule has 1 aromatic carbocycles. The summed E-state index contributed by atoms with van der Waals surface area (Å²) < 4.78 is 13.3. The van der Waals surface area contributed by atoms with Crippen LogP contribution in [0.3, 0.4) is 0 Å². The lowest BCUT2D eigenvalue weighted by molar-refractivity contribution is 0.112. The molecule has 0 saturated carbocycles. The largest absolute Gasteiger partial charge is 0.343 e. The number of carbonyl (C=O) groups excluding carboxylic acids is 1. The van der Waals surface area contributed by atoms with Crippen molar-refractivity contribution >= 4 is 40.4 Å². The zero-order valence-corrected chi connectivity index (χ0v) is 8.29. The first kappa shape index (κ1) is 9.49. The average Bonchev–Trinajstić information content (AvgIpc) is 2.41. The van der Waals surface area contributed by atoms with Crippen LogP contribution in [0.4, 0.5) is 4.39 Å². The molecule has 0 fully saturated rings. The second kappa shape index (κ2) is 3.26. The molecule has 0 unspecified atom stereocenters. The van der Waals surface area contributed by atoms with Crippen molar-refractivity contribution in [3.05, 3.63) is 33.7 Å². The highest BCUT2D eigenvalue weighted by atomic mass is 35.5. The number of carbonyl (C=O) groups is 1. The maximum Gasteiger partial charge on any atom is 0.153 e. The Bertz CT molecular complexity index is 521. The van der Waals surface area contributed by atoms with Gasteiger partial charge in [0, 0.05) is 10.4 Å². The van der Waals surface area contributed by atoms with Gasteiger partial charge in [-0.1, -0.05) is 23.2 Å². The number of benzene rings is 1. The van der Waals surface area contributed by atoms with E-state index in [-0.39, 0.29) is 21.3 Å². The van der Waals surface area contributed by atoms with E-state index in [2.05, 4.69) is 4.98 Å². The number of aromatic nitrogens is 1. The van der Waals surface area contributed by atoms with Gasteiger partial charge in [-0.2, -0.15) is 0 Å². The number of halogens is 3. The highest BCUT2D eigenvalue weighted by molar-refractivity contribution is 6.35. The molecule has 0 spiro atoms. The van der Waals surface area contributed by atoms with E-state index in [1.807, 2.05) is 0 Å². The van der Waals surface area contributed by atoms with Crippen LogP contribution in [-0.4, -0.2) is 11.3 Å². The highest BCUT2D eigenvalue weighted by Gasteiger charge is 2.13. The number of H-pyrrole nitrogens is 1. The summed E-state index contributed by atoms with van der Waals surface area (Å²) in [5.74, 6) is -0.525. The molecule has 2 aromatic rings. The van der Waals surface area contributed by atoms with Crippen molar-refractivity contribution in [2.24, 2.45) is 0 Å². The Balaban J connectivity index is 2.94. The molecular formula is C9H4Cl2FNO. The van der Waals surface area contributed by atoms with Crippen molar-refractivity contribution in [2.45, 2.75) is 0 Å². The van der Waals surface area contributed by atoms with Crippen LogP contribution in [0.5, 0.6) is 0 Å². The van der Waals surface area contributed by atoms with Crippen LogP contribution in [0.15, 0.2) is 12.1 Å². The summed E-state index contributed by atoms with van der Waals surface area (Å²) in [7, 11) is 0. The molecule has 0 aliphatic rings. The molecule has 1 heterocycles. The van der Waals surface area contributed by atoms with Crippen molar-refractivity contribution in [2.75, 3.05) is 0 Å². The van der Waals surface area contributed by atoms with Crippen LogP contribution in [0, 0.1) is 5.82 Å². The summed E-state index contributed by atoms with van der Waals surface area (Å²) in [5, 5.41) is 0.750. The Morgan fingerprint density at radius 1 is 1.36 bits per heavy atom. The Kier molecular flexibility index (Phi) is 2.21. The van der Waals surface area contributed by atoms with E-state index < -0.39 is 5.82 Å². The van der Waals surface area contributed by atoms with Crippen LogP contribution in [0.1, 0.15) is 10.4 Å². The van der Waals surface area contributed by atoms with Crippen molar-refractivity contribution in [3.63, 3.8) is 0 Å². The minimum absolute atomic E-state index is 0.121. The summed E-state index contributed by atoms with van der Waals surface area (Å²) >= 11 is 11.3. The molecule has 14 heavy (non-hydrogen) atoms. The predicted molar refractivity (Wildman–Crippen MR) is 53.7 cm³/mol. The first-order valence-electron chi connectivity index (χ1n) is 3.75. The van der Waals surface area contributed by atoms with E-state index in [0.29, 0.717) is 11.7 Å². The Labute approximate surface area is 88.6 Å². The molecule has 5 heteroatoms. The second-order valence-corrected chi connectivity index (χ2v) is 3.60. The third kappa shape index (κ3) is 1.29.